The average molecular weight is 189 g/mol. The Labute approximate surface area is 78.8 Å². The van der Waals surface area contributed by atoms with Crippen molar-refractivity contribution in [1.29, 1.82) is 0 Å². The molecule has 0 amide bonds. The van der Waals surface area contributed by atoms with Crippen molar-refractivity contribution in [3.63, 3.8) is 0 Å². The number of H-pyrrole nitrogens is 1. The fraction of sp³-hybridized carbons (Fsp3) is 0. The first kappa shape index (κ1) is 8.50. The maximum atomic E-state index is 11.4. The van der Waals surface area contributed by atoms with Gasteiger partial charge in [0.05, 0.1) is 16.5 Å². The Balaban J connectivity index is 2.99. The highest BCUT2D eigenvalue weighted by Crippen LogP contribution is 2.12. The van der Waals surface area contributed by atoms with Gasteiger partial charge in [-0.05, 0) is 12.1 Å². The molecule has 2 rings (SSSR count). The number of hydrogen-bond donors (Lipinski definition) is 2. The second-order valence-electron chi connectivity index (χ2n) is 2.88. The van der Waals surface area contributed by atoms with Crippen LogP contribution in [0, 0.1) is 0 Å². The number of hydrogen-bond acceptors (Lipinski definition) is 2. The van der Waals surface area contributed by atoms with Crippen molar-refractivity contribution < 1.29 is 9.90 Å². The summed E-state index contributed by atoms with van der Waals surface area (Å²) in [5.41, 5.74) is 0.290. The van der Waals surface area contributed by atoms with Crippen LogP contribution in [0.1, 0.15) is 10.4 Å². The first-order chi connectivity index (χ1) is 6.70. The predicted octanol–water partition coefficient (Wildman–Crippen LogP) is 1.23. The molecule has 1 heterocycles. The third-order valence-corrected chi connectivity index (χ3v) is 2.01. The SMILES string of the molecule is O=C(O)c1cccc2[nH]ccc(=O)c12. The number of rotatable bonds is 1. The van der Waals surface area contributed by atoms with E-state index >= 15 is 0 Å². The van der Waals surface area contributed by atoms with Crippen molar-refractivity contribution in [2.45, 2.75) is 0 Å². The molecule has 0 fully saturated rings. The van der Waals surface area contributed by atoms with Gasteiger partial charge in [-0.1, -0.05) is 6.07 Å². The van der Waals surface area contributed by atoms with Crippen molar-refractivity contribution in [1.82, 2.24) is 4.98 Å². The molecular formula is C10H7NO3. The van der Waals surface area contributed by atoms with Crippen molar-refractivity contribution in [2.75, 3.05) is 0 Å². The number of aromatic carboxylic acids is 1. The van der Waals surface area contributed by atoms with E-state index in [0.29, 0.717) is 5.52 Å². The van der Waals surface area contributed by atoms with Crippen LogP contribution in [-0.4, -0.2) is 16.1 Å². The Hall–Kier alpha value is -2.10. The van der Waals surface area contributed by atoms with Crippen LogP contribution < -0.4 is 5.43 Å². The van der Waals surface area contributed by atoms with E-state index in [2.05, 4.69) is 4.98 Å². The number of fused-ring (bicyclic) bond motifs is 1. The normalized spacial score (nSPS) is 10.3. The summed E-state index contributed by atoms with van der Waals surface area (Å²) in [7, 11) is 0. The standard InChI is InChI=1S/C10H7NO3/c12-8-4-5-11-7-3-1-2-6(9(7)8)10(13)14/h1-5H,(H,11,12)(H,13,14). The van der Waals surface area contributed by atoms with E-state index in [-0.39, 0.29) is 16.4 Å². The van der Waals surface area contributed by atoms with Crippen LogP contribution in [0.2, 0.25) is 0 Å². The quantitative estimate of drug-likeness (QED) is 0.708. The number of carboxylic acids is 1. The van der Waals surface area contributed by atoms with Gasteiger partial charge in [-0.2, -0.15) is 0 Å². The minimum absolute atomic E-state index is 0.0318. The van der Waals surface area contributed by atoms with Gasteiger partial charge in [0.1, 0.15) is 0 Å². The molecule has 4 heteroatoms. The highest BCUT2D eigenvalue weighted by molar-refractivity contribution is 6.02. The molecule has 1 aromatic carbocycles. The van der Waals surface area contributed by atoms with E-state index < -0.39 is 5.97 Å². The number of aromatic amines is 1. The predicted molar refractivity (Wildman–Crippen MR) is 51.5 cm³/mol. The molecule has 70 valence electrons. The molecule has 0 saturated carbocycles. The topological polar surface area (TPSA) is 70.2 Å². The number of nitrogens with one attached hydrogen (secondary N) is 1. The van der Waals surface area contributed by atoms with Crippen molar-refractivity contribution in [2.24, 2.45) is 0 Å². The van der Waals surface area contributed by atoms with Crippen molar-refractivity contribution >= 4 is 16.9 Å². The van der Waals surface area contributed by atoms with Gasteiger partial charge in [-0.25, -0.2) is 4.79 Å². The zero-order valence-corrected chi connectivity index (χ0v) is 7.15. The molecule has 0 atom stereocenters. The largest absolute Gasteiger partial charge is 0.478 e. The molecule has 0 aliphatic heterocycles. The lowest BCUT2D eigenvalue weighted by atomic mass is 10.1. The van der Waals surface area contributed by atoms with Gasteiger partial charge in [0.15, 0.2) is 5.43 Å². The van der Waals surface area contributed by atoms with Crippen LogP contribution in [0.15, 0.2) is 35.3 Å². The lowest BCUT2D eigenvalue weighted by molar-refractivity contribution is 0.0699. The molecule has 14 heavy (non-hydrogen) atoms. The fourth-order valence-electron chi connectivity index (χ4n) is 1.41. The summed E-state index contributed by atoms with van der Waals surface area (Å²) in [4.78, 5) is 25.1. The molecular weight excluding hydrogens is 182 g/mol. The van der Waals surface area contributed by atoms with Gasteiger partial charge in [0.25, 0.3) is 0 Å². The van der Waals surface area contributed by atoms with Gasteiger partial charge in [-0.15, -0.1) is 0 Å². The lowest BCUT2D eigenvalue weighted by Gasteiger charge is -1.99. The number of benzene rings is 1. The van der Waals surface area contributed by atoms with Crippen molar-refractivity contribution in [3.05, 3.63) is 46.2 Å². The van der Waals surface area contributed by atoms with E-state index in [4.69, 9.17) is 5.11 Å². The van der Waals surface area contributed by atoms with Crippen LogP contribution in [0.25, 0.3) is 10.9 Å². The maximum Gasteiger partial charge on any atom is 0.336 e. The average Bonchev–Trinajstić information content (AvgIpc) is 2.17. The Kier molecular flexibility index (Phi) is 1.81. The summed E-state index contributed by atoms with van der Waals surface area (Å²) in [6.45, 7) is 0. The molecule has 1 aromatic heterocycles. The molecule has 4 nitrogen and oxygen atoms in total. The number of pyridine rings is 1. The Bertz CT molecular complexity index is 551. The minimum atomic E-state index is -1.09. The van der Waals surface area contributed by atoms with Crippen LogP contribution in [0.4, 0.5) is 0 Å². The number of carbonyl (C=O) groups is 1. The Morgan fingerprint density at radius 2 is 2.07 bits per heavy atom. The molecule has 2 aromatic rings. The van der Waals surface area contributed by atoms with Gasteiger partial charge in [-0.3, -0.25) is 4.79 Å². The summed E-state index contributed by atoms with van der Waals surface area (Å²) in [6.07, 6.45) is 1.50. The van der Waals surface area contributed by atoms with E-state index in [1.165, 1.54) is 18.3 Å². The molecule has 0 aliphatic rings. The lowest BCUT2D eigenvalue weighted by Crippen LogP contribution is -2.07. The van der Waals surface area contributed by atoms with Crippen LogP contribution >= 0.6 is 0 Å². The summed E-state index contributed by atoms with van der Waals surface area (Å²) in [5, 5.41) is 9.08. The van der Waals surface area contributed by atoms with Crippen LogP contribution in [0.3, 0.4) is 0 Å². The van der Waals surface area contributed by atoms with E-state index in [1.54, 1.807) is 12.1 Å². The summed E-state index contributed by atoms with van der Waals surface area (Å²) in [5.74, 6) is -1.09. The van der Waals surface area contributed by atoms with Gasteiger partial charge in [0, 0.05) is 12.3 Å². The zero-order valence-electron chi connectivity index (χ0n) is 7.15. The van der Waals surface area contributed by atoms with Crippen LogP contribution in [0.5, 0.6) is 0 Å². The molecule has 0 bridgehead atoms. The van der Waals surface area contributed by atoms with E-state index in [9.17, 15) is 9.59 Å². The third kappa shape index (κ3) is 1.17. The minimum Gasteiger partial charge on any atom is -0.478 e. The second kappa shape index (κ2) is 2.99. The second-order valence-corrected chi connectivity index (χ2v) is 2.88. The van der Waals surface area contributed by atoms with Gasteiger partial charge < -0.3 is 10.1 Å². The summed E-state index contributed by atoms with van der Waals surface area (Å²) >= 11 is 0. The summed E-state index contributed by atoms with van der Waals surface area (Å²) in [6, 6.07) is 6.00. The monoisotopic (exact) mass is 189 g/mol. The molecule has 2 N–H and O–H groups in total. The number of carboxylic acid groups (broad SMARTS) is 1. The molecule has 0 radical (unpaired) electrons. The highest BCUT2D eigenvalue weighted by atomic mass is 16.4. The third-order valence-electron chi connectivity index (χ3n) is 2.01. The number of aromatic nitrogens is 1. The smallest absolute Gasteiger partial charge is 0.336 e. The van der Waals surface area contributed by atoms with Crippen molar-refractivity contribution in [3.8, 4) is 0 Å². The molecule has 0 spiro atoms. The molecule has 0 unspecified atom stereocenters. The van der Waals surface area contributed by atoms with Crippen LogP contribution in [-0.2, 0) is 0 Å². The van der Waals surface area contributed by atoms with Gasteiger partial charge in [0.2, 0.25) is 0 Å². The summed E-state index contributed by atoms with van der Waals surface area (Å²) < 4.78 is 0. The fourth-order valence-corrected chi connectivity index (χ4v) is 1.41. The Morgan fingerprint density at radius 1 is 1.29 bits per heavy atom. The first-order valence-electron chi connectivity index (χ1n) is 4.04. The first-order valence-corrected chi connectivity index (χ1v) is 4.04. The highest BCUT2D eigenvalue weighted by Gasteiger charge is 2.09. The Morgan fingerprint density at radius 3 is 2.79 bits per heavy atom. The molecule has 0 aliphatic carbocycles. The zero-order chi connectivity index (χ0) is 10.1. The van der Waals surface area contributed by atoms with Gasteiger partial charge >= 0.3 is 5.97 Å². The maximum absolute atomic E-state index is 11.4. The van der Waals surface area contributed by atoms with E-state index in [1.807, 2.05) is 0 Å². The van der Waals surface area contributed by atoms with E-state index in [0.717, 1.165) is 0 Å². The molecule has 0 saturated heterocycles.